The fourth-order valence-electron chi connectivity index (χ4n) is 1.50. The van der Waals surface area contributed by atoms with Crippen molar-refractivity contribution in [2.45, 2.75) is 6.92 Å². The van der Waals surface area contributed by atoms with E-state index in [0.29, 0.717) is 5.02 Å². The van der Waals surface area contributed by atoms with E-state index in [1.807, 2.05) is 0 Å². The van der Waals surface area contributed by atoms with Crippen LogP contribution in [0.1, 0.15) is 17.5 Å². The maximum Gasteiger partial charge on any atom is 0.376 e. The molecule has 0 spiro atoms. The van der Waals surface area contributed by atoms with Gasteiger partial charge in [-0.05, 0) is 19.1 Å². The Bertz CT molecular complexity index is 700. The van der Waals surface area contributed by atoms with E-state index in [-0.39, 0.29) is 28.2 Å². The molecule has 106 valence electrons. The Balaban J connectivity index is 2.55. The molecule has 2 rings (SSSR count). The topological polar surface area (TPSA) is 77.0 Å². The number of H-pyrrole nitrogens is 1. The van der Waals surface area contributed by atoms with Gasteiger partial charge < -0.3 is 4.74 Å². The number of nitrogens with zero attached hydrogens (tertiary/aromatic N) is 2. The Labute approximate surface area is 128 Å². The van der Waals surface area contributed by atoms with Gasteiger partial charge in [0, 0.05) is 5.02 Å². The smallest absolute Gasteiger partial charge is 0.376 e. The van der Waals surface area contributed by atoms with Crippen LogP contribution in [0.4, 0.5) is 0 Å². The van der Waals surface area contributed by atoms with Crippen molar-refractivity contribution in [1.29, 1.82) is 0 Å². The highest BCUT2D eigenvalue weighted by molar-refractivity contribution is 6.40. The third-order valence-electron chi connectivity index (χ3n) is 2.28. The second-order valence-corrected chi connectivity index (χ2v) is 4.88. The van der Waals surface area contributed by atoms with Gasteiger partial charge in [0.2, 0.25) is 5.82 Å². The summed E-state index contributed by atoms with van der Waals surface area (Å²) in [6, 6.07) is 2.82. The van der Waals surface area contributed by atoms with Crippen LogP contribution in [0.5, 0.6) is 0 Å². The number of carbonyl (C=O) groups excluding carboxylic acids is 1. The summed E-state index contributed by atoms with van der Waals surface area (Å²) < 4.78 is 5.62. The molecule has 1 N–H and O–H groups in total. The third-order valence-corrected chi connectivity index (χ3v) is 3.07. The van der Waals surface area contributed by atoms with Crippen molar-refractivity contribution >= 4 is 40.8 Å². The molecule has 0 bridgehead atoms. The van der Waals surface area contributed by atoms with Crippen LogP contribution in [0, 0.1) is 0 Å². The van der Waals surface area contributed by atoms with E-state index in [1.165, 1.54) is 12.1 Å². The minimum absolute atomic E-state index is 0.131. The maximum atomic E-state index is 11.8. The Morgan fingerprint density at radius 1 is 1.35 bits per heavy atom. The number of aromatic nitrogens is 3. The van der Waals surface area contributed by atoms with Crippen LogP contribution in [0.25, 0.3) is 5.69 Å². The van der Waals surface area contributed by atoms with Gasteiger partial charge >= 0.3 is 11.7 Å². The zero-order valence-electron chi connectivity index (χ0n) is 10.1. The van der Waals surface area contributed by atoms with Gasteiger partial charge in [0.1, 0.15) is 5.69 Å². The lowest BCUT2D eigenvalue weighted by Gasteiger charge is -2.05. The van der Waals surface area contributed by atoms with Crippen LogP contribution in [0.15, 0.2) is 16.9 Å². The summed E-state index contributed by atoms with van der Waals surface area (Å²) in [4.78, 5) is 25.6. The van der Waals surface area contributed by atoms with Gasteiger partial charge in [-0.3, -0.25) is 4.98 Å². The van der Waals surface area contributed by atoms with Crippen molar-refractivity contribution in [3.8, 4) is 5.69 Å². The van der Waals surface area contributed by atoms with E-state index < -0.39 is 11.7 Å². The molecule has 0 aliphatic heterocycles. The van der Waals surface area contributed by atoms with Gasteiger partial charge in [-0.15, -0.1) is 5.10 Å². The van der Waals surface area contributed by atoms with Crippen LogP contribution >= 0.6 is 34.8 Å². The van der Waals surface area contributed by atoms with Crippen molar-refractivity contribution < 1.29 is 9.53 Å². The van der Waals surface area contributed by atoms with E-state index in [0.717, 1.165) is 4.68 Å². The van der Waals surface area contributed by atoms with Crippen LogP contribution in [0.3, 0.4) is 0 Å². The molecular formula is C11H8Cl3N3O3. The summed E-state index contributed by atoms with van der Waals surface area (Å²) >= 11 is 17.8. The highest BCUT2D eigenvalue weighted by atomic mass is 35.5. The van der Waals surface area contributed by atoms with Crippen LogP contribution < -0.4 is 5.69 Å². The molecule has 0 saturated heterocycles. The molecule has 0 unspecified atom stereocenters. The number of nitrogens with one attached hydrogen (secondary N) is 1. The Morgan fingerprint density at radius 3 is 2.50 bits per heavy atom. The molecule has 20 heavy (non-hydrogen) atoms. The van der Waals surface area contributed by atoms with Crippen molar-refractivity contribution in [1.82, 2.24) is 14.8 Å². The highest BCUT2D eigenvalue weighted by Gasteiger charge is 2.19. The predicted molar refractivity (Wildman–Crippen MR) is 75.2 cm³/mol. The summed E-state index contributed by atoms with van der Waals surface area (Å²) in [5.41, 5.74) is -0.534. The number of rotatable bonds is 3. The number of carbonyl (C=O) groups is 1. The molecule has 0 atom stereocenters. The Kier molecular flexibility index (Phi) is 4.37. The van der Waals surface area contributed by atoms with Crippen molar-refractivity contribution in [3.05, 3.63) is 43.5 Å². The van der Waals surface area contributed by atoms with Crippen LogP contribution in [0.2, 0.25) is 15.1 Å². The second-order valence-electron chi connectivity index (χ2n) is 3.63. The van der Waals surface area contributed by atoms with E-state index in [4.69, 9.17) is 39.5 Å². The first-order valence-electron chi connectivity index (χ1n) is 5.45. The first-order chi connectivity index (χ1) is 9.43. The lowest BCUT2D eigenvalue weighted by molar-refractivity contribution is 0.0512. The number of benzene rings is 1. The maximum absolute atomic E-state index is 11.8. The number of halogens is 3. The minimum Gasteiger partial charge on any atom is -0.460 e. The first kappa shape index (κ1) is 14.9. The fourth-order valence-corrected chi connectivity index (χ4v) is 2.48. The summed E-state index contributed by atoms with van der Waals surface area (Å²) in [5.74, 6) is -0.983. The van der Waals surface area contributed by atoms with Crippen LogP contribution in [-0.2, 0) is 4.74 Å². The van der Waals surface area contributed by atoms with E-state index >= 15 is 0 Å². The summed E-state index contributed by atoms with van der Waals surface area (Å²) in [7, 11) is 0. The molecule has 2 aromatic rings. The van der Waals surface area contributed by atoms with Gasteiger partial charge in [-0.2, -0.15) is 4.68 Å². The van der Waals surface area contributed by atoms with Gasteiger partial charge in [-0.1, -0.05) is 34.8 Å². The van der Waals surface area contributed by atoms with Gasteiger partial charge in [0.05, 0.1) is 16.7 Å². The predicted octanol–water partition coefficient (Wildman–Crippen LogP) is 2.70. The largest absolute Gasteiger partial charge is 0.460 e. The standard InChI is InChI=1S/C11H8Cl3N3O3/c1-2-20-10(18)9-15-11(19)17(16-9)8-6(13)3-5(12)4-7(8)14/h3-4H,2H2,1H3,(H,15,16,19). The normalized spacial score (nSPS) is 10.6. The molecule has 0 radical (unpaired) electrons. The summed E-state index contributed by atoms with van der Waals surface area (Å²) in [6.45, 7) is 1.80. The Morgan fingerprint density at radius 2 is 1.95 bits per heavy atom. The van der Waals surface area contributed by atoms with Gasteiger partial charge in [-0.25, -0.2) is 9.59 Å². The van der Waals surface area contributed by atoms with Crippen molar-refractivity contribution in [2.24, 2.45) is 0 Å². The SMILES string of the molecule is CCOC(=O)c1nn(-c2c(Cl)cc(Cl)cc2Cl)c(=O)[nH]1. The highest BCUT2D eigenvalue weighted by Crippen LogP contribution is 2.30. The lowest BCUT2D eigenvalue weighted by atomic mass is 10.3. The number of aromatic amines is 1. The van der Waals surface area contributed by atoms with E-state index in [9.17, 15) is 9.59 Å². The Hall–Kier alpha value is -1.50. The fraction of sp³-hybridized carbons (Fsp3) is 0.182. The quantitative estimate of drug-likeness (QED) is 0.874. The van der Waals surface area contributed by atoms with Crippen LogP contribution in [-0.4, -0.2) is 27.3 Å². The third kappa shape index (κ3) is 2.82. The molecular weight excluding hydrogens is 328 g/mol. The number of hydrogen-bond donors (Lipinski definition) is 1. The molecule has 6 nitrogen and oxygen atoms in total. The van der Waals surface area contributed by atoms with Gasteiger partial charge in [0.25, 0.3) is 0 Å². The van der Waals surface area contributed by atoms with Crippen molar-refractivity contribution in [3.63, 3.8) is 0 Å². The molecule has 1 aromatic heterocycles. The molecule has 1 heterocycles. The molecule has 0 aliphatic carbocycles. The first-order valence-corrected chi connectivity index (χ1v) is 6.58. The molecule has 0 amide bonds. The average Bonchev–Trinajstić information content (AvgIpc) is 2.71. The zero-order chi connectivity index (χ0) is 14.9. The van der Waals surface area contributed by atoms with E-state index in [1.54, 1.807) is 6.92 Å². The summed E-state index contributed by atoms with van der Waals surface area (Å²) in [6.07, 6.45) is 0. The molecule has 0 aliphatic rings. The molecule has 0 fully saturated rings. The summed E-state index contributed by atoms with van der Waals surface area (Å²) in [5, 5.41) is 4.39. The number of ether oxygens (including phenoxy) is 1. The lowest BCUT2D eigenvalue weighted by Crippen LogP contribution is -2.16. The molecule has 0 saturated carbocycles. The second kappa shape index (κ2) is 5.87. The monoisotopic (exact) mass is 335 g/mol. The van der Waals surface area contributed by atoms with E-state index in [2.05, 4.69) is 10.1 Å². The minimum atomic E-state index is -0.746. The van der Waals surface area contributed by atoms with Gasteiger partial charge in [0.15, 0.2) is 0 Å². The average molecular weight is 337 g/mol. The van der Waals surface area contributed by atoms with Crippen molar-refractivity contribution in [2.75, 3.05) is 6.61 Å². The number of hydrogen-bond acceptors (Lipinski definition) is 4. The number of esters is 1. The zero-order valence-corrected chi connectivity index (χ0v) is 12.4. The molecule has 1 aromatic carbocycles. The molecule has 9 heteroatoms.